The standard InChI is InChI=1S/C11H18BrN3/c1-4-7-10(13-5-2)11-9(12)8-14-15(11)6-3/h4,8,10,13H,1,5-7H2,2-3H3. The van der Waals surface area contributed by atoms with Crippen LogP contribution in [0, 0.1) is 0 Å². The Labute approximate surface area is 99.7 Å². The van der Waals surface area contributed by atoms with E-state index < -0.39 is 0 Å². The summed E-state index contributed by atoms with van der Waals surface area (Å²) in [5.41, 5.74) is 1.21. The fourth-order valence-corrected chi connectivity index (χ4v) is 2.25. The van der Waals surface area contributed by atoms with Gasteiger partial charge in [0.05, 0.1) is 22.4 Å². The molecule has 3 nitrogen and oxygen atoms in total. The third-order valence-corrected chi connectivity index (χ3v) is 2.93. The number of aromatic nitrogens is 2. The van der Waals surface area contributed by atoms with Gasteiger partial charge >= 0.3 is 0 Å². The van der Waals surface area contributed by atoms with Gasteiger partial charge in [0.15, 0.2) is 0 Å². The van der Waals surface area contributed by atoms with Gasteiger partial charge in [0.1, 0.15) is 0 Å². The van der Waals surface area contributed by atoms with Crippen molar-refractivity contribution in [3.05, 3.63) is 29.0 Å². The molecule has 0 saturated heterocycles. The normalized spacial score (nSPS) is 12.7. The molecule has 0 aliphatic heterocycles. The van der Waals surface area contributed by atoms with Gasteiger partial charge in [-0.25, -0.2) is 0 Å². The molecule has 1 unspecified atom stereocenters. The maximum absolute atomic E-state index is 4.32. The Bertz CT molecular complexity index is 320. The number of aryl methyl sites for hydroxylation is 1. The van der Waals surface area contributed by atoms with Crippen molar-refractivity contribution in [2.75, 3.05) is 6.54 Å². The monoisotopic (exact) mass is 271 g/mol. The third-order valence-electron chi connectivity index (χ3n) is 2.32. The number of hydrogen-bond acceptors (Lipinski definition) is 2. The molecule has 0 amide bonds. The van der Waals surface area contributed by atoms with E-state index in [0.29, 0.717) is 6.04 Å². The van der Waals surface area contributed by atoms with Crippen LogP contribution in [0.2, 0.25) is 0 Å². The van der Waals surface area contributed by atoms with Crippen LogP contribution in [0.1, 0.15) is 32.0 Å². The molecule has 84 valence electrons. The molecule has 0 spiro atoms. The van der Waals surface area contributed by atoms with Gasteiger partial charge in [0.2, 0.25) is 0 Å². The zero-order chi connectivity index (χ0) is 11.3. The summed E-state index contributed by atoms with van der Waals surface area (Å²) in [6, 6.07) is 0.296. The van der Waals surface area contributed by atoms with Crippen LogP contribution in [-0.4, -0.2) is 16.3 Å². The van der Waals surface area contributed by atoms with Crippen molar-refractivity contribution in [1.29, 1.82) is 0 Å². The summed E-state index contributed by atoms with van der Waals surface area (Å²) in [4.78, 5) is 0. The van der Waals surface area contributed by atoms with E-state index in [1.165, 1.54) is 5.69 Å². The Balaban J connectivity index is 2.96. The van der Waals surface area contributed by atoms with Gasteiger partial charge in [0, 0.05) is 6.54 Å². The van der Waals surface area contributed by atoms with Crippen LogP contribution in [0.15, 0.2) is 23.3 Å². The average molecular weight is 272 g/mol. The summed E-state index contributed by atoms with van der Waals surface area (Å²) in [7, 11) is 0. The molecule has 1 aromatic rings. The molecule has 1 aromatic heterocycles. The second kappa shape index (κ2) is 6.08. The Morgan fingerprint density at radius 3 is 2.93 bits per heavy atom. The van der Waals surface area contributed by atoms with Gasteiger partial charge in [-0.05, 0) is 35.8 Å². The summed E-state index contributed by atoms with van der Waals surface area (Å²) in [6.45, 7) is 9.83. The Hall–Kier alpha value is -0.610. The van der Waals surface area contributed by atoms with Crippen molar-refractivity contribution >= 4 is 15.9 Å². The zero-order valence-electron chi connectivity index (χ0n) is 9.33. The van der Waals surface area contributed by atoms with Gasteiger partial charge in [-0.1, -0.05) is 13.0 Å². The fourth-order valence-electron chi connectivity index (χ4n) is 1.68. The molecular formula is C11H18BrN3. The van der Waals surface area contributed by atoms with E-state index in [1.807, 2.05) is 17.0 Å². The van der Waals surface area contributed by atoms with Gasteiger partial charge < -0.3 is 5.32 Å². The molecule has 0 aliphatic rings. The van der Waals surface area contributed by atoms with Gasteiger partial charge in [-0.3, -0.25) is 4.68 Å². The SMILES string of the molecule is C=CCC(NCC)c1c(Br)cnn1CC. The van der Waals surface area contributed by atoms with Crippen LogP contribution in [-0.2, 0) is 6.54 Å². The first kappa shape index (κ1) is 12.5. The Morgan fingerprint density at radius 2 is 2.40 bits per heavy atom. The maximum atomic E-state index is 4.32. The molecule has 0 aliphatic carbocycles. The van der Waals surface area contributed by atoms with Crippen LogP contribution in [0.4, 0.5) is 0 Å². The minimum absolute atomic E-state index is 0.296. The van der Waals surface area contributed by atoms with E-state index in [9.17, 15) is 0 Å². The number of rotatable bonds is 6. The summed E-state index contributed by atoms with van der Waals surface area (Å²) in [5, 5.41) is 7.75. The molecule has 1 rings (SSSR count). The molecule has 1 atom stereocenters. The first-order valence-corrected chi connectivity index (χ1v) is 6.09. The van der Waals surface area contributed by atoms with Crippen LogP contribution in [0.5, 0.6) is 0 Å². The van der Waals surface area contributed by atoms with Crippen LogP contribution < -0.4 is 5.32 Å². The lowest BCUT2D eigenvalue weighted by atomic mass is 10.1. The predicted molar refractivity (Wildman–Crippen MR) is 66.8 cm³/mol. The predicted octanol–water partition coefficient (Wildman–Crippen LogP) is 2.89. The molecule has 1 N–H and O–H groups in total. The van der Waals surface area contributed by atoms with Gasteiger partial charge in [0.25, 0.3) is 0 Å². The molecule has 4 heteroatoms. The number of halogens is 1. The van der Waals surface area contributed by atoms with Crippen molar-refractivity contribution in [3.63, 3.8) is 0 Å². The van der Waals surface area contributed by atoms with Crippen molar-refractivity contribution < 1.29 is 0 Å². The highest BCUT2D eigenvalue weighted by molar-refractivity contribution is 9.10. The summed E-state index contributed by atoms with van der Waals surface area (Å²) >= 11 is 3.54. The van der Waals surface area contributed by atoms with Crippen molar-refractivity contribution in [3.8, 4) is 0 Å². The highest BCUT2D eigenvalue weighted by Gasteiger charge is 2.17. The second-order valence-electron chi connectivity index (χ2n) is 3.33. The first-order chi connectivity index (χ1) is 7.24. The van der Waals surface area contributed by atoms with E-state index in [-0.39, 0.29) is 0 Å². The van der Waals surface area contributed by atoms with Crippen LogP contribution in [0.3, 0.4) is 0 Å². The quantitative estimate of drug-likeness (QED) is 0.807. The second-order valence-corrected chi connectivity index (χ2v) is 4.18. The van der Waals surface area contributed by atoms with Gasteiger partial charge in [-0.15, -0.1) is 6.58 Å². The van der Waals surface area contributed by atoms with Crippen molar-refractivity contribution in [1.82, 2.24) is 15.1 Å². The largest absolute Gasteiger partial charge is 0.309 e. The van der Waals surface area contributed by atoms with Crippen molar-refractivity contribution in [2.45, 2.75) is 32.9 Å². The summed E-state index contributed by atoms with van der Waals surface area (Å²) in [5.74, 6) is 0. The molecule has 0 aromatic carbocycles. The number of nitrogens with zero attached hydrogens (tertiary/aromatic N) is 2. The topological polar surface area (TPSA) is 29.9 Å². The Morgan fingerprint density at radius 1 is 1.67 bits per heavy atom. The average Bonchev–Trinajstić information content (AvgIpc) is 2.59. The van der Waals surface area contributed by atoms with E-state index >= 15 is 0 Å². The lowest BCUT2D eigenvalue weighted by Crippen LogP contribution is -2.23. The summed E-state index contributed by atoms with van der Waals surface area (Å²) < 4.78 is 3.08. The van der Waals surface area contributed by atoms with E-state index in [1.54, 1.807) is 0 Å². The van der Waals surface area contributed by atoms with Crippen molar-refractivity contribution in [2.24, 2.45) is 0 Å². The van der Waals surface area contributed by atoms with E-state index in [4.69, 9.17) is 0 Å². The van der Waals surface area contributed by atoms with Gasteiger partial charge in [-0.2, -0.15) is 5.10 Å². The fraction of sp³-hybridized carbons (Fsp3) is 0.545. The number of hydrogen-bond donors (Lipinski definition) is 1. The van der Waals surface area contributed by atoms with Crippen LogP contribution in [0.25, 0.3) is 0 Å². The first-order valence-electron chi connectivity index (χ1n) is 5.30. The highest BCUT2D eigenvalue weighted by atomic mass is 79.9. The minimum Gasteiger partial charge on any atom is -0.309 e. The van der Waals surface area contributed by atoms with Crippen LogP contribution >= 0.6 is 15.9 Å². The van der Waals surface area contributed by atoms with E-state index in [0.717, 1.165) is 24.0 Å². The molecule has 0 radical (unpaired) electrons. The molecule has 1 heterocycles. The molecule has 15 heavy (non-hydrogen) atoms. The molecular weight excluding hydrogens is 254 g/mol. The molecule has 0 fully saturated rings. The van der Waals surface area contributed by atoms with E-state index in [2.05, 4.69) is 46.8 Å². The zero-order valence-corrected chi connectivity index (χ0v) is 10.9. The molecule has 0 bridgehead atoms. The number of nitrogens with one attached hydrogen (secondary N) is 1. The third kappa shape index (κ3) is 2.92. The minimum atomic E-state index is 0.296. The Kier molecular flexibility index (Phi) is 5.05. The lowest BCUT2D eigenvalue weighted by Gasteiger charge is -2.18. The smallest absolute Gasteiger partial charge is 0.0698 e. The maximum Gasteiger partial charge on any atom is 0.0698 e. The summed E-state index contributed by atoms with van der Waals surface area (Å²) in [6.07, 6.45) is 4.71. The molecule has 0 saturated carbocycles. The lowest BCUT2D eigenvalue weighted by molar-refractivity contribution is 0.495. The highest BCUT2D eigenvalue weighted by Crippen LogP contribution is 2.25.